The summed E-state index contributed by atoms with van der Waals surface area (Å²) >= 11 is 0.828. The highest BCUT2D eigenvalue weighted by Crippen LogP contribution is 2.34. The number of hydrogen-bond donors (Lipinski definition) is 0. The molecule has 0 spiro atoms. The van der Waals surface area contributed by atoms with Gasteiger partial charge in [-0.1, -0.05) is 30.3 Å². The summed E-state index contributed by atoms with van der Waals surface area (Å²) in [6.45, 7) is 3.36. The van der Waals surface area contributed by atoms with Crippen LogP contribution in [0.15, 0.2) is 65.7 Å². The predicted octanol–water partition coefficient (Wildman–Crippen LogP) is 4.62. The number of ether oxygens (including phenoxy) is 1. The van der Waals surface area contributed by atoms with Crippen molar-refractivity contribution in [3.63, 3.8) is 0 Å². The summed E-state index contributed by atoms with van der Waals surface area (Å²) in [4.78, 5) is 38.4. The Balaban J connectivity index is 1.65. The first-order chi connectivity index (χ1) is 14.5. The molecule has 152 valence electrons. The fourth-order valence-corrected chi connectivity index (χ4v) is 4.28. The Bertz CT molecular complexity index is 1180. The molecule has 2 heterocycles. The van der Waals surface area contributed by atoms with Gasteiger partial charge in [0.25, 0.3) is 11.1 Å². The second-order valence-electron chi connectivity index (χ2n) is 6.81. The molecular formula is C23H20N2O4S. The Kier molecular flexibility index (Phi) is 5.46. The average Bonchev–Trinajstić information content (AvgIpc) is 3.31. The molecule has 7 heteroatoms. The summed E-state index contributed by atoms with van der Waals surface area (Å²) in [7, 11) is 0. The van der Waals surface area contributed by atoms with Gasteiger partial charge in [0.05, 0.1) is 11.5 Å². The van der Waals surface area contributed by atoms with E-state index in [0.29, 0.717) is 0 Å². The van der Waals surface area contributed by atoms with Crippen molar-refractivity contribution >= 4 is 45.7 Å². The van der Waals surface area contributed by atoms with E-state index in [9.17, 15) is 14.4 Å². The molecule has 3 aromatic rings. The van der Waals surface area contributed by atoms with Crippen molar-refractivity contribution in [3.05, 3.63) is 71.4 Å². The van der Waals surface area contributed by atoms with E-state index in [-0.39, 0.29) is 11.5 Å². The van der Waals surface area contributed by atoms with Gasteiger partial charge in [0.2, 0.25) is 0 Å². The van der Waals surface area contributed by atoms with Crippen molar-refractivity contribution < 1.29 is 19.1 Å². The van der Waals surface area contributed by atoms with Gasteiger partial charge in [-0.3, -0.25) is 14.5 Å². The lowest BCUT2D eigenvalue weighted by Gasteiger charge is -2.19. The van der Waals surface area contributed by atoms with Gasteiger partial charge in [0, 0.05) is 17.6 Å². The molecule has 1 saturated heterocycles. The number of carbonyl (C=O) groups excluding carboxylic acids is 3. The number of fused-ring (bicyclic) bond motifs is 1. The molecule has 2 amide bonds. The standard InChI is InChI=1S/C23H20N2O4S/c1-3-29-22(27)15(2)25-21(26)20(30-23(25)28)14-18-9-6-12-24(18)19-11-10-16-7-4-5-8-17(16)13-19/h4-15H,3H2,1-2H3/b20-14+. The molecule has 6 nitrogen and oxygen atoms in total. The maximum Gasteiger partial charge on any atom is 0.329 e. The lowest BCUT2D eigenvalue weighted by Crippen LogP contribution is -2.42. The number of nitrogens with zero attached hydrogens (tertiary/aromatic N) is 2. The number of amides is 2. The Hall–Kier alpha value is -3.32. The molecule has 0 aliphatic carbocycles. The van der Waals surface area contributed by atoms with Crippen LogP contribution in [0.5, 0.6) is 0 Å². The van der Waals surface area contributed by atoms with Crippen LogP contribution in [-0.4, -0.2) is 39.2 Å². The summed E-state index contributed by atoms with van der Waals surface area (Å²) in [6, 6.07) is 17.0. The van der Waals surface area contributed by atoms with E-state index in [0.717, 1.165) is 38.8 Å². The van der Waals surface area contributed by atoms with E-state index >= 15 is 0 Å². The third-order valence-electron chi connectivity index (χ3n) is 4.91. The summed E-state index contributed by atoms with van der Waals surface area (Å²) in [5, 5.41) is 1.78. The first-order valence-corrected chi connectivity index (χ1v) is 10.4. The molecule has 30 heavy (non-hydrogen) atoms. The van der Waals surface area contributed by atoms with Crippen molar-refractivity contribution in [2.45, 2.75) is 19.9 Å². The zero-order chi connectivity index (χ0) is 21.3. The maximum absolute atomic E-state index is 12.8. The molecule has 0 saturated carbocycles. The Labute approximate surface area is 178 Å². The van der Waals surface area contributed by atoms with Gasteiger partial charge < -0.3 is 9.30 Å². The van der Waals surface area contributed by atoms with Crippen LogP contribution in [0.4, 0.5) is 4.79 Å². The number of hydrogen-bond acceptors (Lipinski definition) is 5. The highest BCUT2D eigenvalue weighted by molar-refractivity contribution is 8.18. The lowest BCUT2D eigenvalue weighted by molar-refractivity contribution is -0.150. The van der Waals surface area contributed by atoms with Gasteiger partial charge in [0.1, 0.15) is 6.04 Å². The molecule has 1 atom stereocenters. The molecule has 0 radical (unpaired) electrons. The van der Waals surface area contributed by atoms with Crippen LogP contribution in [0.3, 0.4) is 0 Å². The number of imide groups is 1. The minimum Gasteiger partial charge on any atom is -0.464 e. The highest BCUT2D eigenvalue weighted by atomic mass is 32.2. The third kappa shape index (κ3) is 3.64. The Morgan fingerprint density at radius 3 is 2.63 bits per heavy atom. The minimum absolute atomic E-state index is 0.189. The second kappa shape index (κ2) is 8.20. The van der Waals surface area contributed by atoms with Gasteiger partial charge >= 0.3 is 5.97 Å². The molecule has 4 rings (SSSR count). The molecule has 1 aliphatic heterocycles. The topological polar surface area (TPSA) is 68.6 Å². The minimum atomic E-state index is -0.962. The molecule has 2 aromatic carbocycles. The van der Waals surface area contributed by atoms with E-state index in [2.05, 4.69) is 12.1 Å². The molecular weight excluding hydrogens is 400 g/mol. The van der Waals surface area contributed by atoms with Crippen molar-refractivity contribution in [1.29, 1.82) is 0 Å². The smallest absolute Gasteiger partial charge is 0.329 e. The van der Waals surface area contributed by atoms with E-state index in [1.165, 1.54) is 6.92 Å². The van der Waals surface area contributed by atoms with Crippen molar-refractivity contribution in [1.82, 2.24) is 9.47 Å². The van der Waals surface area contributed by atoms with Crippen molar-refractivity contribution in [3.8, 4) is 5.69 Å². The fourth-order valence-electron chi connectivity index (χ4n) is 3.39. The fraction of sp³-hybridized carbons (Fsp3) is 0.174. The number of thioether (sulfide) groups is 1. The first-order valence-electron chi connectivity index (χ1n) is 9.60. The number of esters is 1. The van der Waals surface area contributed by atoms with E-state index in [1.54, 1.807) is 13.0 Å². The number of carbonyl (C=O) groups is 3. The van der Waals surface area contributed by atoms with Crippen LogP contribution in [0.2, 0.25) is 0 Å². The largest absolute Gasteiger partial charge is 0.464 e. The van der Waals surface area contributed by atoms with Crippen LogP contribution >= 0.6 is 11.8 Å². The predicted molar refractivity (Wildman–Crippen MR) is 117 cm³/mol. The average molecular weight is 420 g/mol. The zero-order valence-corrected chi connectivity index (χ0v) is 17.4. The van der Waals surface area contributed by atoms with E-state index in [4.69, 9.17) is 4.74 Å². The molecule has 0 N–H and O–H groups in total. The molecule has 1 aromatic heterocycles. The number of aromatic nitrogens is 1. The lowest BCUT2D eigenvalue weighted by atomic mass is 10.1. The van der Waals surface area contributed by atoms with Gasteiger partial charge in [0.15, 0.2) is 0 Å². The zero-order valence-electron chi connectivity index (χ0n) is 16.6. The van der Waals surface area contributed by atoms with Crippen LogP contribution < -0.4 is 0 Å². The molecule has 1 aliphatic rings. The molecule has 1 unspecified atom stereocenters. The normalized spacial score (nSPS) is 16.5. The van der Waals surface area contributed by atoms with Crippen LogP contribution in [-0.2, 0) is 14.3 Å². The summed E-state index contributed by atoms with van der Waals surface area (Å²) in [5.41, 5.74) is 1.71. The van der Waals surface area contributed by atoms with Gasteiger partial charge in [-0.2, -0.15) is 0 Å². The van der Waals surface area contributed by atoms with Crippen LogP contribution in [0.1, 0.15) is 19.5 Å². The number of benzene rings is 2. The summed E-state index contributed by atoms with van der Waals surface area (Å²) < 4.78 is 6.90. The van der Waals surface area contributed by atoms with E-state index in [1.807, 2.05) is 53.2 Å². The van der Waals surface area contributed by atoms with Gasteiger partial charge in [-0.25, -0.2) is 4.79 Å². The third-order valence-corrected chi connectivity index (χ3v) is 5.79. The monoisotopic (exact) mass is 420 g/mol. The van der Waals surface area contributed by atoms with Crippen LogP contribution in [0.25, 0.3) is 22.5 Å². The van der Waals surface area contributed by atoms with Crippen molar-refractivity contribution in [2.75, 3.05) is 6.61 Å². The Morgan fingerprint density at radius 1 is 1.10 bits per heavy atom. The van der Waals surface area contributed by atoms with Crippen LogP contribution in [0, 0.1) is 0 Å². The highest BCUT2D eigenvalue weighted by Gasteiger charge is 2.41. The SMILES string of the molecule is CCOC(=O)C(C)N1C(=O)S/C(=C/c2cccn2-c2ccc3ccccc3c2)C1=O. The quantitative estimate of drug-likeness (QED) is 0.445. The maximum atomic E-state index is 12.8. The summed E-state index contributed by atoms with van der Waals surface area (Å²) in [5.74, 6) is -1.09. The number of rotatable bonds is 5. The van der Waals surface area contributed by atoms with Crippen molar-refractivity contribution in [2.24, 2.45) is 0 Å². The second-order valence-corrected chi connectivity index (χ2v) is 7.81. The Morgan fingerprint density at radius 2 is 1.87 bits per heavy atom. The molecule has 1 fully saturated rings. The van der Waals surface area contributed by atoms with Gasteiger partial charge in [-0.15, -0.1) is 0 Å². The van der Waals surface area contributed by atoms with Gasteiger partial charge in [-0.05, 0) is 66.7 Å². The first kappa shape index (κ1) is 20.0. The molecule has 0 bridgehead atoms. The van der Waals surface area contributed by atoms with E-state index < -0.39 is 23.2 Å². The summed E-state index contributed by atoms with van der Waals surface area (Å²) in [6.07, 6.45) is 3.58.